The Bertz CT molecular complexity index is 251. The first-order valence-electron chi connectivity index (χ1n) is 6.39. The number of urea groups is 1. The maximum Gasteiger partial charge on any atom is 0.320 e. The summed E-state index contributed by atoms with van der Waals surface area (Å²) < 4.78 is 5.61. The fraction of sp³-hybridized carbons (Fsp3) is 0.917. The van der Waals surface area contributed by atoms with Crippen molar-refractivity contribution in [2.45, 2.75) is 45.3 Å². The molecular formula is C12H22N2O2. The van der Waals surface area contributed by atoms with E-state index in [0.29, 0.717) is 6.61 Å². The molecule has 0 aromatic heterocycles. The van der Waals surface area contributed by atoms with Crippen LogP contribution in [0.3, 0.4) is 0 Å². The first-order valence-corrected chi connectivity index (χ1v) is 6.39. The topological polar surface area (TPSA) is 32.8 Å². The fourth-order valence-corrected chi connectivity index (χ4v) is 2.51. The van der Waals surface area contributed by atoms with Crippen LogP contribution in [-0.2, 0) is 4.74 Å². The maximum atomic E-state index is 12.3. The van der Waals surface area contributed by atoms with Crippen LogP contribution in [0.1, 0.15) is 33.1 Å². The van der Waals surface area contributed by atoms with Gasteiger partial charge in [0.1, 0.15) is 0 Å². The smallest absolute Gasteiger partial charge is 0.320 e. The van der Waals surface area contributed by atoms with Gasteiger partial charge in [-0.15, -0.1) is 0 Å². The molecule has 2 amide bonds. The van der Waals surface area contributed by atoms with E-state index >= 15 is 0 Å². The van der Waals surface area contributed by atoms with E-state index in [1.54, 1.807) is 0 Å². The Kier molecular flexibility index (Phi) is 3.69. The van der Waals surface area contributed by atoms with Gasteiger partial charge in [-0.1, -0.05) is 6.92 Å². The number of rotatable bonds is 1. The van der Waals surface area contributed by atoms with Crippen LogP contribution in [-0.4, -0.2) is 54.2 Å². The van der Waals surface area contributed by atoms with E-state index in [-0.39, 0.29) is 18.2 Å². The second-order valence-electron chi connectivity index (χ2n) is 4.84. The highest BCUT2D eigenvalue weighted by atomic mass is 16.5. The van der Waals surface area contributed by atoms with E-state index in [9.17, 15) is 4.79 Å². The van der Waals surface area contributed by atoms with E-state index in [1.165, 1.54) is 0 Å². The Morgan fingerprint density at radius 2 is 2.06 bits per heavy atom. The summed E-state index contributed by atoms with van der Waals surface area (Å²) in [4.78, 5) is 16.3. The summed E-state index contributed by atoms with van der Waals surface area (Å²) in [5.74, 6) is 0. The molecular weight excluding hydrogens is 204 g/mol. The van der Waals surface area contributed by atoms with E-state index < -0.39 is 0 Å². The molecule has 0 radical (unpaired) electrons. The predicted octanol–water partition coefficient (Wildman–Crippen LogP) is 1.70. The molecule has 16 heavy (non-hydrogen) atoms. The molecule has 2 atom stereocenters. The number of morpholine rings is 1. The molecule has 2 saturated heterocycles. The van der Waals surface area contributed by atoms with Gasteiger partial charge in [0.25, 0.3) is 0 Å². The SMILES string of the molecule is CCC1COC(C)CN1C(=O)N1CCCC1. The zero-order valence-electron chi connectivity index (χ0n) is 10.3. The maximum absolute atomic E-state index is 12.3. The summed E-state index contributed by atoms with van der Waals surface area (Å²) in [5, 5.41) is 0. The van der Waals surface area contributed by atoms with Crippen molar-refractivity contribution in [3.8, 4) is 0 Å². The summed E-state index contributed by atoms with van der Waals surface area (Å²) in [6.45, 7) is 7.46. The summed E-state index contributed by atoms with van der Waals surface area (Å²) in [7, 11) is 0. The third-order valence-electron chi connectivity index (χ3n) is 3.56. The Labute approximate surface area is 97.5 Å². The minimum Gasteiger partial charge on any atom is -0.375 e. The Balaban J connectivity index is 2.00. The summed E-state index contributed by atoms with van der Waals surface area (Å²) in [6, 6.07) is 0.490. The van der Waals surface area contributed by atoms with Crippen molar-refractivity contribution in [2.24, 2.45) is 0 Å². The number of ether oxygens (including phenoxy) is 1. The normalized spacial score (nSPS) is 30.9. The second kappa shape index (κ2) is 5.04. The molecule has 0 saturated carbocycles. The number of hydrogen-bond donors (Lipinski definition) is 0. The minimum absolute atomic E-state index is 0.175. The standard InChI is InChI=1S/C12H22N2O2/c1-3-11-9-16-10(2)8-14(11)12(15)13-6-4-5-7-13/h10-11H,3-9H2,1-2H3. The molecule has 0 N–H and O–H groups in total. The summed E-state index contributed by atoms with van der Waals surface area (Å²) in [6.07, 6.45) is 3.46. The van der Waals surface area contributed by atoms with Crippen molar-refractivity contribution in [2.75, 3.05) is 26.2 Å². The van der Waals surface area contributed by atoms with Crippen LogP contribution in [0.2, 0.25) is 0 Å². The third-order valence-corrected chi connectivity index (χ3v) is 3.56. The van der Waals surface area contributed by atoms with Gasteiger partial charge in [-0.25, -0.2) is 4.79 Å². The highest BCUT2D eigenvalue weighted by Crippen LogP contribution is 2.19. The molecule has 0 aromatic rings. The van der Waals surface area contributed by atoms with Crippen LogP contribution in [0.25, 0.3) is 0 Å². The third kappa shape index (κ3) is 2.32. The molecule has 2 aliphatic heterocycles. The van der Waals surface area contributed by atoms with E-state index in [2.05, 4.69) is 6.92 Å². The van der Waals surface area contributed by atoms with E-state index in [4.69, 9.17) is 4.74 Å². The number of hydrogen-bond acceptors (Lipinski definition) is 2. The van der Waals surface area contributed by atoms with Gasteiger partial charge in [0.05, 0.1) is 18.8 Å². The molecule has 0 aromatic carbocycles. The number of carbonyl (C=O) groups is 1. The number of amides is 2. The Morgan fingerprint density at radius 3 is 2.69 bits per heavy atom. The molecule has 0 bridgehead atoms. The first kappa shape index (κ1) is 11.7. The van der Waals surface area contributed by atoms with Gasteiger partial charge in [-0.2, -0.15) is 0 Å². The number of nitrogens with zero attached hydrogens (tertiary/aromatic N) is 2. The van der Waals surface area contributed by atoms with Crippen molar-refractivity contribution in [3.05, 3.63) is 0 Å². The lowest BCUT2D eigenvalue weighted by atomic mass is 10.1. The molecule has 2 rings (SSSR count). The van der Waals surface area contributed by atoms with Gasteiger partial charge in [-0.05, 0) is 26.2 Å². The van der Waals surface area contributed by atoms with Gasteiger partial charge in [-0.3, -0.25) is 0 Å². The quantitative estimate of drug-likeness (QED) is 0.682. The zero-order valence-corrected chi connectivity index (χ0v) is 10.3. The molecule has 2 heterocycles. The lowest BCUT2D eigenvalue weighted by molar-refractivity contribution is -0.0424. The highest BCUT2D eigenvalue weighted by Gasteiger charge is 2.32. The molecule has 0 aliphatic carbocycles. The lowest BCUT2D eigenvalue weighted by Gasteiger charge is -2.40. The molecule has 4 heteroatoms. The first-order chi connectivity index (χ1) is 7.72. The Morgan fingerprint density at radius 1 is 1.38 bits per heavy atom. The van der Waals surface area contributed by atoms with Crippen molar-refractivity contribution in [3.63, 3.8) is 0 Å². The van der Waals surface area contributed by atoms with Crippen LogP contribution in [0, 0.1) is 0 Å². The van der Waals surface area contributed by atoms with Crippen molar-refractivity contribution in [1.82, 2.24) is 9.80 Å². The largest absolute Gasteiger partial charge is 0.375 e. The van der Waals surface area contributed by atoms with Crippen molar-refractivity contribution in [1.29, 1.82) is 0 Å². The average Bonchev–Trinajstić information content (AvgIpc) is 2.81. The Hall–Kier alpha value is -0.770. The van der Waals surface area contributed by atoms with Crippen LogP contribution in [0.15, 0.2) is 0 Å². The van der Waals surface area contributed by atoms with Crippen LogP contribution in [0.4, 0.5) is 4.79 Å². The lowest BCUT2D eigenvalue weighted by Crippen LogP contribution is -2.55. The predicted molar refractivity (Wildman–Crippen MR) is 62.4 cm³/mol. The molecule has 2 unspecified atom stereocenters. The second-order valence-corrected chi connectivity index (χ2v) is 4.84. The molecule has 4 nitrogen and oxygen atoms in total. The molecule has 2 aliphatic rings. The van der Waals surface area contributed by atoms with E-state index in [1.807, 2.05) is 16.7 Å². The molecule has 0 spiro atoms. The van der Waals surface area contributed by atoms with Crippen molar-refractivity contribution >= 4 is 6.03 Å². The minimum atomic E-state index is 0.175. The van der Waals surface area contributed by atoms with Gasteiger partial charge >= 0.3 is 6.03 Å². The van der Waals surface area contributed by atoms with Crippen LogP contribution >= 0.6 is 0 Å². The zero-order chi connectivity index (χ0) is 11.5. The molecule has 2 fully saturated rings. The monoisotopic (exact) mass is 226 g/mol. The van der Waals surface area contributed by atoms with Crippen LogP contribution in [0.5, 0.6) is 0 Å². The number of likely N-dealkylation sites (tertiary alicyclic amines) is 1. The average molecular weight is 226 g/mol. The van der Waals surface area contributed by atoms with Gasteiger partial charge < -0.3 is 14.5 Å². The van der Waals surface area contributed by atoms with Gasteiger partial charge in [0.15, 0.2) is 0 Å². The van der Waals surface area contributed by atoms with Crippen LogP contribution < -0.4 is 0 Å². The van der Waals surface area contributed by atoms with Gasteiger partial charge in [0, 0.05) is 19.6 Å². The number of carbonyl (C=O) groups excluding carboxylic acids is 1. The fourth-order valence-electron chi connectivity index (χ4n) is 2.51. The molecule has 92 valence electrons. The highest BCUT2D eigenvalue weighted by molar-refractivity contribution is 5.75. The van der Waals surface area contributed by atoms with Gasteiger partial charge in [0.2, 0.25) is 0 Å². The van der Waals surface area contributed by atoms with E-state index in [0.717, 1.165) is 38.9 Å². The summed E-state index contributed by atoms with van der Waals surface area (Å²) in [5.41, 5.74) is 0. The van der Waals surface area contributed by atoms with Crippen molar-refractivity contribution < 1.29 is 9.53 Å². The summed E-state index contributed by atoms with van der Waals surface area (Å²) >= 11 is 0.